The van der Waals surface area contributed by atoms with Gasteiger partial charge in [-0.25, -0.2) is 0 Å². The molecule has 7 aromatic carbocycles. The van der Waals surface area contributed by atoms with Crippen LogP contribution in [0.4, 0.5) is 34.1 Å². The Labute approximate surface area is 409 Å². The molecule has 2 nitrogen and oxygen atoms in total. The molecule has 0 saturated carbocycles. The molecule has 0 bridgehead atoms. The predicted molar refractivity (Wildman–Crippen MR) is 297 cm³/mol. The second-order valence-electron chi connectivity index (χ2n) is 25.9. The highest BCUT2D eigenvalue weighted by Crippen LogP contribution is 2.54. The van der Waals surface area contributed by atoms with E-state index in [1.54, 1.807) is 0 Å². The average molecular weight is 893 g/mol. The summed E-state index contributed by atoms with van der Waals surface area (Å²) in [7, 11) is 0. The lowest BCUT2D eigenvalue weighted by Crippen LogP contribution is -2.61. The maximum absolute atomic E-state index is 2.71. The molecule has 0 aromatic heterocycles. The van der Waals surface area contributed by atoms with Crippen LogP contribution in [0.3, 0.4) is 0 Å². The highest BCUT2D eigenvalue weighted by molar-refractivity contribution is 7.00. The number of hydrogen-bond donors (Lipinski definition) is 0. The molecule has 2 aliphatic heterocycles. The minimum absolute atomic E-state index is 0.0119. The summed E-state index contributed by atoms with van der Waals surface area (Å²) >= 11 is 0. The van der Waals surface area contributed by atoms with E-state index in [2.05, 4.69) is 260 Å². The van der Waals surface area contributed by atoms with E-state index >= 15 is 0 Å². The van der Waals surface area contributed by atoms with Crippen molar-refractivity contribution in [3.63, 3.8) is 0 Å². The second kappa shape index (κ2) is 15.4. The topological polar surface area (TPSA) is 6.48 Å². The van der Waals surface area contributed by atoms with Crippen LogP contribution in [0.5, 0.6) is 0 Å². The monoisotopic (exact) mass is 893 g/mol. The van der Waals surface area contributed by atoms with Gasteiger partial charge in [-0.05, 0) is 154 Å². The number of fused-ring (bicyclic) bond motifs is 5. The molecule has 346 valence electrons. The molecular weight excluding hydrogens is 820 g/mol. The van der Waals surface area contributed by atoms with Crippen molar-refractivity contribution in [1.29, 1.82) is 0 Å². The Morgan fingerprint density at radius 3 is 1.53 bits per heavy atom. The molecule has 0 amide bonds. The largest absolute Gasteiger partial charge is 0.311 e. The van der Waals surface area contributed by atoms with Gasteiger partial charge in [0.1, 0.15) is 0 Å². The molecule has 0 radical (unpaired) electrons. The maximum atomic E-state index is 2.71. The summed E-state index contributed by atoms with van der Waals surface area (Å²) in [6.07, 6.45) is 1.11. The maximum Gasteiger partial charge on any atom is 0.252 e. The molecule has 10 rings (SSSR count). The van der Waals surface area contributed by atoms with Gasteiger partial charge in [-0.2, -0.15) is 0 Å². The first-order chi connectivity index (χ1) is 31.7. The Kier molecular flexibility index (Phi) is 10.4. The highest BCUT2D eigenvalue weighted by atomic mass is 15.2. The molecule has 0 saturated heterocycles. The van der Waals surface area contributed by atoms with Gasteiger partial charge in [0.05, 0.1) is 5.69 Å². The van der Waals surface area contributed by atoms with Crippen molar-refractivity contribution in [2.75, 3.05) is 9.80 Å². The first-order valence-corrected chi connectivity index (χ1v) is 25.3. The third kappa shape index (κ3) is 7.55. The molecule has 0 spiro atoms. The Balaban J connectivity index is 1.38. The number of benzene rings is 7. The number of anilines is 6. The van der Waals surface area contributed by atoms with Gasteiger partial charge in [-0.3, -0.25) is 0 Å². The highest BCUT2D eigenvalue weighted by Gasteiger charge is 2.49. The summed E-state index contributed by atoms with van der Waals surface area (Å²) in [5.41, 5.74) is 24.7. The molecule has 3 heteroatoms. The van der Waals surface area contributed by atoms with Crippen LogP contribution in [0.2, 0.25) is 0 Å². The van der Waals surface area contributed by atoms with Gasteiger partial charge in [-0.15, -0.1) is 0 Å². The molecule has 0 N–H and O–H groups in total. The molecule has 68 heavy (non-hydrogen) atoms. The van der Waals surface area contributed by atoms with Crippen molar-refractivity contribution < 1.29 is 0 Å². The minimum atomic E-state index is -0.137. The van der Waals surface area contributed by atoms with Crippen LogP contribution in [0.25, 0.3) is 22.3 Å². The quantitative estimate of drug-likeness (QED) is 0.162. The third-order valence-corrected chi connectivity index (χ3v) is 15.7. The van der Waals surface area contributed by atoms with Gasteiger partial charge < -0.3 is 9.80 Å². The number of hydrogen-bond acceptors (Lipinski definition) is 2. The average Bonchev–Trinajstić information content (AvgIpc) is 3.45. The Bertz CT molecular complexity index is 3140. The molecule has 2 heterocycles. The molecular formula is C65H73BN2. The zero-order chi connectivity index (χ0) is 48.7. The number of rotatable bonds is 4. The Morgan fingerprint density at radius 1 is 0.382 bits per heavy atom. The Hall–Kier alpha value is -5.80. The van der Waals surface area contributed by atoms with E-state index in [1.807, 2.05) is 0 Å². The van der Waals surface area contributed by atoms with Crippen molar-refractivity contribution in [3.05, 3.63) is 173 Å². The summed E-state index contributed by atoms with van der Waals surface area (Å²) in [6.45, 7) is 38.2. The van der Waals surface area contributed by atoms with Crippen LogP contribution in [0, 0.1) is 0 Å². The summed E-state index contributed by atoms with van der Waals surface area (Å²) in [4.78, 5) is 5.35. The second-order valence-corrected chi connectivity index (χ2v) is 25.9. The van der Waals surface area contributed by atoms with Gasteiger partial charge in [0.15, 0.2) is 0 Å². The van der Waals surface area contributed by atoms with Crippen LogP contribution in [-0.2, 0) is 32.5 Å². The van der Waals surface area contributed by atoms with Crippen molar-refractivity contribution >= 4 is 57.2 Å². The fourth-order valence-corrected chi connectivity index (χ4v) is 12.0. The minimum Gasteiger partial charge on any atom is -0.311 e. The van der Waals surface area contributed by atoms with Gasteiger partial charge >= 0.3 is 0 Å². The fraction of sp³-hybridized carbons (Fsp3) is 0.354. The van der Waals surface area contributed by atoms with E-state index in [0.29, 0.717) is 0 Å². The lowest BCUT2D eigenvalue weighted by atomic mass is 9.33. The standard InChI is InChI=1S/C65H73BN2/c1-60(2,3)42-25-22-26-46(33-42)67-55-35-44(62(7,8)9)29-31-52(55)66-53-38-50-51(65(15,16)40-64(50,13)14)39-56(53)68(58-37-45(63(10,11)12)36-57(67)59(58)66)54-32-30-43(61(4,5)6)34-49(54)48-28-21-20-27-47(48)41-23-18-17-19-24-41/h17-39H,40H2,1-16H3. The van der Waals surface area contributed by atoms with E-state index in [4.69, 9.17) is 0 Å². The first kappa shape index (κ1) is 46.0. The zero-order valence-corrected chi connectivity index (χ0v) is 44.0. The van der Waals surface area contributed by atoms with Crippen LogP contribution >= 0.6 is 0 Å². The summed E-state index contributed by atoms with van der Waals surface area (Å²) < 4.78 is 0. The van der Waals surface area contributed by atoms with Crippen LogP contribution in [-0.4, -0.2) is 6.71 Å². The van der Waals surface area contributed by atoms with E-state index < -0.39 is 0 Å². The first-order valence-electron chi connectivity index (χ1n) is 25.3. The van der Waals surface area contributed by atoms with E-state index in [-0.39, 0.29) is 39.2 Å². The lowest BCUT2D eigenvalue weighted by molar-refractivity contribution is 0.403. The van der Waals surface area contributed by atoms with E-state index in [1.165, 1.54) is 106 Å². The summed E-state index contributed by atoms with van der Waals surface area (Å²) in [6, 6.07) is 54.7. The summed E-state index contributed by atoms with van der Waals surface area (Å²) in [5.74, 6) is 0. The molecule has 0 unspecified atom stereocenters. The van der Waals surface area contributed by atoms with Crippen LogP contribution in [0.15, 0.2) is 140 Å². The van der Waals surface area contributed by atoms with Gasteiger partial charge in [0.25, 0.3) is 6.71 Å². The third-order valence-electron chi connectivity index (χ3n) is 15.7. The van der Waals surface area contributed by atoms with E-state index in [0.717, 1.165) is 6.42 Å². The molecule has 3 aliphatic rings. The van der Waals surface area contributed by atoms with E-state index in [9.17, 15) is 0 Å². The van der Waals surface area contributed by atoms with Crippen LogP contribution < -0.4 is 26.2 Å². The van der Waals surface area contributed by atoms with Gasteiger partial charge in [-0.1, -0.05) is 202 Å². The van der Waals surface area contributed by atoms with Crippen molar-refractivity contribution in [1.82, 2.24) is 0 Å². The molecule has 0 fully saturated rings. The normalized spacial score (nSPS) is 16.0. The lowest BCUT2D eigenvalue weighted by Gasteiger charge is -2.46. The van der Waals surface area contributed by atoms with Crippen molar-refractivity contribution in [2.24, 2.45) is 0 Å². The SMILES string of the molecule is CC(C)(C)c1cccc(N2c3cc(C(C)(C)C)ccc3B3c4cc5c(cc4N(c4ccc(C(C)(C)C)cc4-c4ccccc4-c4ccccc4)c4cc(C(C)(C)C)cc2c43)C(C)(C)CC5(C)C)c1. The Morgan fingerprint density at radius 2 is 0.897 bits per heavy atom. The molecule has 0 atom stereocenters. The number of nitrogens with zero attached hydrogens (tertiary/aromatic N) is 2. The smallest absolute Gasteiger partial charge is 0.252 e. The van der Waals surface area contributed by atoms with Crippen molar-refractivity contribution in [2.45, 2.75) is 150 Å². The molecule has 7 aromatic rings. The molecule has 1 aliphatic carbocycles. The van der Waals surface area contributed by atoms with Crippen molar-refractivity contribution in [3.8, 4) is 22.3 Å². The van der Waals surface area contributed by atoms with Crippen LogP contribution in [0.1, 0.15) is 151 Å². The fourth-order valence-electron chi connectivity index (χ4n) is 12.0. The zero-order valence-electron chi connectivity index (χ0n) is 44.0. The summed E-state index contributed by atoms with van der Waals surface area (Å²) in [5, 5.41) is 0. The van der Waals surface area contributed by atoms with Gasteiger partial charge in [0, 0.05) is 34.0 Å². The van der Waals surface area contributed by atoms with Gasteiger partial charge in [0.2, 0.25) is 0 Å². The predicted octanol–water partition coefficient (Wildman–Crippen LogP) is 16.3.